The van der Waals surface area contributed by atoms with Crippen LogP contribution in [0.15, 0.2) is 65.8 Å². The number of hydrogen-bond acceptors (Lipinski definition) is 3. The molecule has 24 heavy (non-hydrogen) atoms. The average Bonchev–Trinajstić information content (AvgIpc) is 2.94. The van der Waals surface area contributed by atoms with Crippen molar-refractivity contribution in [1.82, 2.24) is 5.01 Å². The highest BCUT2D eigenvalue weighted by Gasteiger charge is 2.34. The smallest absolute Gasteiger partial charge is 0.430 e. The number of hydrazone groups is 1. The summed E-state index contributed by atoms with van der Waals surface area (Å²) in [4.78, 5) is 12.2. The summed E-state index contributed by atoms with van der Waals surface area (Å²) < 4.78 is 5.25. The lowest BCUT2D eigenvalue weighted by atomic mass is 10.0. The van der Waals surface area contributed by atoms with Crippen LogP contribution in [-0.4, -0.2) is 29.5 Å². The van der Waals surface area contributed by atoms with Crippen molar-refractivity contribution in [3.8, 4) is 0 Å². The SMILES string of the molecule is CC(C)/C(=N/N1C(=O)OC[C@@H]1Cc1ccccc1)c1ccccc1. The molecule has 1 saturated heterocycles. The Balaban J connectivity index is 1.87. The zero-order valence-corrected chi connectivity index (χ0v) is 14.1. The fourth-order valence-corrected chi connectivity index (χ4v) is 2.84. The van der Waals surface area contributed by atoms with Gasteiger partial charge in [-0.3, -0.25) is 0 Å². The molecular formula is C20H22N2O2. The van der Waals surface area contributed by atoms with E-state index in [9.17, 15) is 4.79 Å². The maximum atomic E-state index is 12.2. The van der Waals surface area contributed by atoms with Gasteiger partial charge in [0.05, 0.1) is 11.8 Å². The molecule has 0 aromatic heterocycles. The lowest BCUT2D eigenvalue weighted by Crippen LogP contribution is -2.32. The van der Waals surface area contributed by atoms with Gasteiger partial charge >= 0.3 is 6.09 Å². The van der Waals surface area contributed by atoms with Crippen LogP contribution in [0.3, 0.4) is 0 Å². The molecule has 0 bridgehead atoms. The first-order valence-corrected chi connectivity index (χ1v) is 8.29. The first-order chi connectivity index (χ1) is 11.6. The van der Waals surface area contributed by atoms with Crippen LogP contribution in [0.2, 0.25) is 0 Å². The first kappa shape index (κ1) is 16.2. The van der Waals surface area contributed by atoms with E-state index in [0.29, 0.717) is 6.61 Å². The summed E-state index contributed by atoms with van der Waals surface area (Å²) in [5, 5.41) is 6.19. The van der Waals surface area contributed by atoms with E-state index in [1.54, 1.807) is 0 Å². The summed E-state index contributed by atoms with van der Waals surface area (Å²) in [5.74, 6) is 0.207. The largest absolute Gasteiger partial charge is 0.446 e. The molecule has 0 N–H and O–H groups in total. The Kier molecular flexibility index (Phi) is 4.94. The summed E-state index contributed by atoms with van der Waals surface area (Å²) in [6.45, 7) is 4.54. The fraction of sp³-hybridized carbons (Fsp3) is 0.300. The first-order valence-electron chi connectivity index (χ1n) is 8.29. The van der Waals surface area contributed by atoms with Crippen molar-refractivity contribution in [1.29, 1.82) is 0 Å². The molecule has 1 atom stereocenters. The fourth-order valence-electron chi connectivity index (χ4n) is 2.84. The molecule has 0 saturated carbocycles. The van der Waals surface area contributed by atoms with Gasteiger partial charge in [-0.25, -0.2) is 4.79 Å². The van der Waals surface area contributed by atoms with Crippen molar-refractivity contribution < 1.29 is 9.53 Å². The van der Waals surface area contributed by atoms with E-state index in [4.69, 9.17) is 4.74 Å². The molecule has 4 nitrogen and oxygen atoms in total. The maximum absolute atomic E-state index is 12.2. The molecule has 1 amide bonds. The second kappa shape index (κ2) is 7.30. The van der Waals surface area contributed by atoms with Crippen LogP contribution in [0.1, 0.15) is 25.0 Å². The average molecular weight is 322 g/mol. The highest BCUT2D eigenvalue weighted by Crippen LogP contribution is 2.20. The Morgan fingerprint density at radius 3 is 2.38 bits per heavy atom. The van der Waals surface area contributed by atoms with Crippen molar-refractivity contribution in [2.45, 2.75) is 26.3 Å². The number of carbonyl (C=O) groups excluding carboxylic acids is 1. The summed E-state index contributed by atoms with van der Waals surface area (Å²) in [6.07, 6.45) is 0.362. The van der Waals surface area contributed by atoms with Crippen LogP contribution in [0.4, 0.5) is 4.79 Å². The van der Waals surface area contributed by atoms with Crippen molar-refractivity contribution >= 4 is 11.8 Å². The molecule has 2 aromatic rings. The van der Waals surface area contributed by atoms with Crippen LogP contribution in [0.5, 0.6) is 0 Å². The number of nitrogens with zero attached hydrogens (tertiary/aromatic N) is 2. The van der Waals surface area contributed by atoms with Gasteiger partial charge in [-0.1, -0.05) is 74.5 Å². The molecule has 1 aliphatic heterocycles. The van der Waals surface area contributed by atoms with Crippen molar-refractivity contribution in [2.24, 2.45) is 11.0 Å². The van der Waals surface area contributed by atoms with Gasteiger partial charge in [-0.05, 0) is 23.5 Å². The second-order valence-corrected chi connectivity index (χ2v) is 6.27. The number of amides is 1. The van der Waals surface area contributed by atoms with E-state index in [1.807, 2.05) is 48.5 Å². The third-order valence-electron chi connectivity index (χ3n) is 4.08. The van der Waals surface area contributed by atoms with Crippen LogP contribution >= 0.6 is 0 Å². The normalized spacial score (nSPS) is 18.1. The van der Waals surface area contributed by atoms with Gasteiger partial charge in [0.2, 0.25) is 0 Å². The van der Waals surface area contributed by atoms with Crippen molar-refractivity contribution in [3.05, 3.63) is 71.8 Å². The number of hydrogen-bond donors (Lipinski definition) is 0. The predicted octanol–water partition coefficient (Wildman–Crippen LogP) is 4.11. The van der Waals surface area contributed by atoms with Gasteiger partial charge in [0.1, 0.15) is 6.61 Å². The third-order valence-corrected chi connectivity index (χ3v) is 4.08. The molecule has 0 spiro atoms. The Morgan fingerprint density at radius 2 is 1.75 bits per heavy atom. The van der Waals surface area contributed by atoms with Gasteiger partial charge < -0.3 is 4.74 Å². The molecule has 0 unspecified atom stereocenters. The lowest BCUT2D eigenvalue weighted by Gasteiger charge is -2.19. The highest BCUT2D eigenvalue weighted by molar-refractivity contribution is 6.02. The Bertz CT molecular complexity index is 711. The van der Waals surface area contributed by atoms with Crippen LogP contribution in [0.25, 0.3) is 0 Å². The molecule has 2 aromatic carbocycles. The summed E-state index contributed by atoms with van der Waals surface area (Å²) >= 11 is 0. The zero-order chi connectivity index (χ0) is 16.9. The van der Waals surface area contributed by atoms with Gasteiger partial charge in [-0.2, -0.15) is 10.1 Å². The zero-order valence-electron chi connectivity index (χ0n) is 14.1. The van der Waals surface area contributed by atoms with E-state index < -0.39 is 0 Å². The second-order valence-electron chi connectivity index (χ2n) is 6.27. The number of carbonyl (C=O) groups is 1. The van der Waals surface area contributed by atoms with Crippen LogP contribution < -0.4 is 0 Å². The molecule has 1 aliphatic rings. The molecule has 3 rings (SSSR count). The lowest BCUT2D eigenvalue weighted by molar-refractivity contribution is 0.158. The van der Waals surface area contributed by atoms with Gasteiger partial charge in [0.15, 0.2) is 0 Å². The van der Waals surface area contributed by atoms with E-state index in [0.717, 1.165) is 17.7 Å². The molecule has 0 aliphatic carbocycles. The third kappa shape index (κ3) is 3.65. The van der Waals surface area contributed by atoms with E-state index in [-0.39, 0.29) is 18.1 Å². The molecular weight excluding hydrogens is 300 g/mol. The van der Waals surface area contributed by atoms with E-state index >= 15 is 0 Å². The van der Waals surface area contributed by atoms with Gasteiger partial charge in [-0.15, -0.1) is 0 Å². The van der Waals surface area contributed by atoms with Crippen LogP contribution in [-0.2, 0) is 11.2 Å². The Labute approximate surface area is 142 Å². The molecule has 1 fully saturated rings. The summed E-state index contributed by atoms with van der Waals surface area (Å²) in [7, 11) is 0. The molecule has 0 radical (unpaired) electrons. The minimum Gasteiger partial charge on any atom is -0.446 e. The summed E-state index contributed by atoms with van der Waals surface area (Å²) in [5.41, 5.74) is 3.10. The topological polar surface area (TPSA) is 41.9 Å². The minimum absolute atomic E-state index is 0.0719. The maximum Gasteiger partial charge on any atom is 0.430 e. The molecule has 1 heterocycles. The van der Waals surface area contributed by atoms with E-state index in [2.05, 4.69) is 31.1 Å². The molecule has 4 heteroatoms. The standard InChI is InChI=1S/C20H22N2O2/c1-15(2)19(17-11-7-4-8-12-17)21-22-18(14-24-20(22)23)13-16-9-5-3-6-10-16/h3-12,15,18H,13-14H2,1-2H3/b21-19-/t18-/m0/s1. The van der Waals surface area contributed by atoms with Crippen molar-refractivity contribution in [2.75, 3.05) is 6.61 Å². The van der Waals surface area contributed by atoms with Gasteiger partial charge in [0.25, 0.3) is 0 Å². The number of ether oxygens (including phenoxy) is 1. The van der Waals surface area contributed by atoms with Crippen LogP contribution in [0, 0.1) is 5.92 Å². The van der Waals surface area contributed by atoms with Crippen molar-refractivity contribution in [3.63, 3.8) is 0 Å². The Hall–Kier alpha value is -2.62. The van der Waals surface area contributed by atoms with E-state index in [1.165, 1.54) is 10.6 Å². The number of cyclic esters (lactones) is 1. The molecule has 124 valence electrons. The predicted molar refractivity (Wildman–Crippen MR) is 94.9 cm³/mol. The number of benzene rings is 2. The number of rotatable bonds is 5. The quantitative estimate of drug-likeness (QED) is 0.777. The Morgan fingerprint density at radius 1 is 1.12 bits per heavy atom. The highest BCUT2D eigenvalue weighted by atomic mass is 16.6. The van der Waals surface area contributed by atoms with Gasteiger partial charge in [0, 0.05) is 0 Å². The monoisotopic (exact) mass is 322 g/mol. The summed E-state index contributed by atoms with van der Waals surface area (Å²) in [6, 6.07) is 20.0. The minimum atomic E-state index is -0.370.